The highest BCUT2D eigenvalue weighted by Gasteiger charge is 2.47. The average molecular weight is 353 g/mol. The number of fused-ring (bicyclic) bond motifs is 1. The van der Waals surface area contributed by atoms with Crippen LogP contribution in [0.5, 0.6) is 0 Å². The third-order valence-corrected chi connectivity index (χ3v) is 5.18. The van der Waals surface area contributed by atoms with Crippen LogP contribution >= 0.6 is 0 Å². The highest BCUT2D eigenvalue weighted by Crippen LogP contribution is 2.46. The summed E-state index contributed by atoms with van der Waals surface area (Å²) in [4.78, 5) is 30.6. The molecule has 1 fully saturated rings. The van der Waals surface area contributed by atoms with Crippen molar-refractivity contribution in [3.05, 3.63) is 47.2 Å². The van der Waals surface area contributed by atoms with E-state index in [2.05, 4.69) is 13.8 Å². The van der Waals surface area contributed by atoms with Crippen LogP contribution in [0.1, 0.15) is 58.4 Å². The van der Waals surface area contributed by atoms with Crippen molar-refractivity contribution in [1.82, 2.24) is 0 Å². The number of carbonyl (C=O) groups is 2. The third-order valence-electron chi connectivity index (χ3n) is 5.18. The van der Waals surface area contributed by atoms with Crippen LogP contribution in [0.2, 0.25) is 0 Å². The Morgan fingerprint density at radius 3 is 2.54 bits per heavy atom. The lowest BCUT2D eigenvalue weighted by Crippen LogP contribution is -2.44. The zero-order valence-electron chi connectivity index (χ0n) is 16.0. The molecule has 0 bridgehead atoms. The number of rotatable bonds is 4. The van der Waals surface area contributed by atoms with Crippen LogP contribution in [-0.2, 0) is 14.3 Å². The summed E-state index contributed by atoms with van der Waals surface area (Å²) in [6, 6.07) is 9.81. The fraction of sp³-hybridized carbons (Fsp3) is 0.500. The molecule has 4 heteroatoms. The van der Waals surface area contributed by atoms with Gasteiger partial charge in [-0.25, -0.2) is 4.79 Å². The van der Waals surface area contributed by atoms with Crippen LogP contribution in [0.3, 0.4) is 0 Å². The highest BCUT2D eigenvalue weighted by molar-refractivity contribution is 6.12. The first-order valence-electron chi connectivity index (χ1n) is 9.37. The lowest BCUT2D eigenvalue weighted by molar-refractivity contribution is -0.139. The Kier molecular flexibility index (Phi) is 5.12. The van der Waals surface area contributed by atoms with Gasteiger partial charge in [0.15, 0.2) is 0 Å². The van der Waals surface area contributed by atoms with Crippen molar-refractivity contribution in [2.75, 3.05) is 6.61 Å². The van der Waals surface area contributed by atoms with Gasteiger partial charge >= 0.3 is 5.97 Å². The van der Waals surface area contributed by atoms with E-state index in [1.165, 1.54) is 0 Å². The average Bonchev–Trinajstić information content (AvgIpc) is 2.58. The summed E-state index contributed by atoms with van der Waals surface area (Å²) >= 11 is 0. The zero-order chi connectivity index (χ0) is 18.9. The second kappa shape index (κ2) is 7.18. The molecule has 0 saturated heterocycles. The van der Waals surface area contributed by atoms with Gasteiger partial charge in [0.05, 0.1) is 18.1 Å². The van der Waals surface area contributed by atoms with Gasteiger partial charge in [0, 0.05) is 23.7 Å². The number of benzene rings is 1. The van der Waals surface area contributed by atoms with E-state index in [1.807, 2.05) is 44.2 Å². The molecular weight excluding hydrogens is 326 g/mol. The molecular formula is C22H27NO3. The van der Waals surface area contributed by atoms with Gasteiger partial charge < -0.3 is 4.74 Å². The normalized spacial score (nSPS) is 24.8. The Morgan fingerprint density at radius 1 is 1.19 bits per heavy atom. The molecule has 4 nitrogen and oxygen atoms in total. The molecule has 1 aromatic carbocycles. The molecule has 0 N–H and O–H groups in total. The van der Waals surface area contributed by atoms with Gasteiger partial charge in [0.2, 0.25) is 0 Å². The maximum Gasteiger partial charge on any atom is 0.336 e. The number of allylic oxidation sites excluding steroid dienone is 1. The molecule has 1 aliphatic carbocycles. The van der Waals surface area contributed by atoms with Crippen LogP contribution < -0.4 is 0 Å². The number of hydrogen-bond donors (Lipinski definition) is 0. The van der Waals surface area contributed by atoms with Crippen molar-refractivity contribution in [2.45, 2.75) is 52.9 Å². The standard InChI is InChI=1S/C22H27NO3/c1-5-11-26-21(25)18-14(2)23-16-12-22(3,4)13-17(24)20(16)19(18)15-9-7-6-8-10-15/h6-10,19-20H,5,11-13H2,1-4H3/t19-,20-/m1/s1. The molecule has 0 radical (unpaired) electrons. The van der Waals surface area contributed by atoms with Crippen LogP contribution in [-0.4, -0.2) is 24.1 Å². The number of hydrogen-bond acceptors (Lipinski definition) is 4. The molecule has 0 unspecified atom stereocenters. The molecule has 1 aliphatic heterocycles. The van der Waals surface area contributed by atoms with Crippen molar-refractivity contribution >= 4 is 17.5 Å². The second-order valence-corrected chi connectivity index (χ2v) is 8.09. The summed E-state index contributed by atoms with van der Waals surface area (Å²) in [7, 11) is 0. The van der Waals surface area contributed by atoms with E-state index >= 15 is 0 Å². The second-order valence-electron chi connectivity index (χ2n) is 8.09. The van der Waals surface area contributed by atoms with E-state index in [0.29, 0.717) is 24.3 Å². The maximum absolute atomic E-state index is 13.1. The fourth-order valence-electron chi connectivity index (χ4n) is 4.15. The molecule has 1 heterocycles. The number of ketones is 1. The number of nitrogens with zero attached hydrogens (tertiary/aromatic N) is 1. The van der Waals surface area contributed by atoms with Gasteiger partial charge in [-0.3, -0.25) is 9.79 Å². The van der Waals surface area contributed by atoms with Crippen molar-refractivity contribution in [1.29, 1.82) is 0 Å². The number of Topliss-reactive ketones (excluding diaryl/α,β-unsaturated/α-hetero) is 1. The van der Waals surface area contributed by atoms with E-state index in [-0.39, 0.29) is 29.0 Å². The first kappa shape index (κ1) is 18.6. The highest BCUT2D eigenvalue weighted by atomic mass is 16.5. The van der Waals surface area contributed by atoms with Gasteiger partial charge in [0.1, 0.15) is 5.78 Å². The van der Waals surface area contributed by atoms with E-state index in [9.17, 15) is 9.59 Å². The quantitative estimate of drug-likeness (QED) is 0.751. The van der Waals surface area contributed by atoms with Gasteiger partial charge in [-0.05, 0) is 30.7 Å². The number of ether oxygens (including phenoxy) is 1. The zero-order valence-corrected chi connectivity index (χ0v) is 16.0. The molecule has 26 heavy (non-hydrogen) atoms. The van der Waals surface area contributed by atoms with Crippen LogP contribution in [0.4, 0.5) is 0 Å². The first-order chi connectivity index (χ1) is 12.3. The Hall–Kier alpha value is -2.23. The summed E-state index contributed by atoms with van der Waals surface area (Å²) in [5, 5.41) is 0. The first-order valence-corrected chi connectivity index (χ1v) is 9.37. The summed E-state index contributed by atoms with van der Waals surface area (Å²) in [6.45, 7) is 8.40. The maximum atomic E-state index is 13.1. The Morgan fingerprint density at radius 2 is 1.88 bits per heavy atom. The molecule has 2 aliphatic rings. The van der Waals surface area contributed by atoms with Crippen molar-refractivity contribution in [3.63, 3.8) is 0 Å². The van der Waals surface area contributed by atoms with Gasteiger partial charge in [0.25, 0.3) is 0 Å². The van der Waals surface area contributed by atoms with Gasteiger partial charge in [-0.1, -0.05) is 51.1 Å². The topological polar surface area (TPSA) is 55.7 Å². The fourth-order valence-corrected chi connectivity index (χ4v) is 4.15. The SMILES string of the molecule is CCCOC(=O)C1=C(C)N=C2CC(C)(C)CC(=O)[C@@H]2[C@@H]1c1ccccc1. The Labute approximate surface area is 155 Å². The predicted octanol–water partition coefficient (Wildman–Crippen LogP) is 4.46. The summed E-state index contributed by atoms with van der Waals surface area (Å²) < 4.78 is 5.43. The monoisotopic (exact) mass is 353 g/mol. The van der Waals surface area contributed by atoms with Crippen molar-refractivity contribution < 1.29 is 14.3 Å². The smallest absolute Gasteiger partial charge is 0.336 e. The van der Waals surface area contributed by atoms with E-state index in [4.69, 9.17) is 9.73 Å². The molecule has 0 spiro atoms. The summed E-state index contributed by atoms with van der Waals surface area (Å²) in [5.74, 6) is -0.851. The molecule has 138 valence electrons. The van der Waals surface area contributed by atoms with E-state index < -0.39 is 0 Å². The van der Waals surface area contributed by atoms with Crippen LogP contribution in [0.25, 0.3) is 0 Å². The lowest BCUT2D eigenvalue weighted by Gasteiger charge is -2.41. The molecule has 1 saturated carbocycles. The minimum atomic E-state index is -0.363. The van der Waals surface area contributed by atoms with Crippen molar-refractivity contribution in [2.24, 2.45) is 16.3 Å². The summed E-state index contributed by atoms with van der Waals surface area (Å²) in [5.41, 5.74) is 3.00. The van der Waals surface area contributed by atoms with Crippen LogP contribution in [0.15, 0.2) is 46.6 Å². The minimum Gasteiger partial charge on any atom is -0.462 e. The summed E-state index contributed by atoms with van der Waals surface area (Å²) in [6.07, 6.45) is 2.05. The molecule has 0 amide bonds. The molecule has 3 rings (SSSR count). The minimum absolute atomic E-state index is 0.0891. The number of carbonyl (C=O) groups excluding carboxylic acids is 2. The van der Waals surface area contributed by atoms with Crippen LogP contribution in [0, 0.1) is 11.3 Å². The number of aliphatic imine (C=N–C) groups is 1. The largest absolute Gasteiger partial charge is 0.462 e. The van der Waals surface area contributed by atoms with Crippen molar-refractivity contribution in [3.8, 4) is 0 Å². The Bertz CT molecular complexity index is 774. The predicted molar refractivity (Wildman–Crippen MR) is 102 cm³/mol. The molecule has 2 atom stereocenters. The van der Waals surface area contributed by atoms with E-state index in [0.717, 1.165) is 24.1 Å². The number of esters is 1. The lowest BCUT2D eigenvalue weighted by atomic mass is 9.63. The van der Waals surface area contributed by atoms with Gasteiger partial charge in [-0.15, -0.1) is 0 Å². The van der Waals surface area contributed by atoms with Gasteiger partial charge in [-0.2, -0.15) is 0 Å². The molecule has 1 aromatic rings. The third kappa shape index (κ3) is 3.50. The Balaban J connectivity index is 2.11. The molecule has 0 aromatic heterocycles. The van der Waals surface area contributed by atoms with E-state index in [1.54, 1.807) is 0 Å².